The Labute approximate surface area is 119 Å². The summed E-state index contributed by atoms with van der Waals surface area (Å²) >= 11 is 0. The number of hydrogen-bond donors (Lipinski definition) is 2. The Morgan fingerprint density at radius 2 is 1.90 bits per heavy atom. The molecule has 4 nitrogen and oxygen atoms in total. The minimum Gasteiger partial charge on any atom is -0.315 e. The van der Waals surface area contributed by atoms with E-state index in [1.54, 1.807) is 12.1 Å². The van der Waals surface area contributed by atoms with Gasteiger partial charge in [-0.05, 0) is 30.8 Å². The highest BCUT2D eigenvalue weighted by atomic mass is 32.2. The van der Waals surface area contributed by atoms with E-state index in [1.807, 2.05) is 30.3 Å². The van der Waals surface area contributed by atoms with Crippen molar-refractivity contribution in [3.05, 3.63) is 42.5 Å². The van der Waals surface area contributed by atoms with Crippen LogP contribution in [0.25, 0.3) is 10.8 Å². The van der Waals surface area contributed by atoms with E-state index in [9.17, 15) is 8.42 Å². The third-order valence-corrected chi connectivity index (χ3v) is 5.24. The van der Waals surface area contributed by atoms with Crippen LogP contribution in [-0.4, -0.2) is 27.5 Å². The van der Waals surface area contributed by atoms with E-state index < -0.39 is 10.0 Å². The molecule has 1 heterocycles. The second-order valence-corrected chi connectivity index (χ2v) is 6.82. The maximum absolute atomic E-state index is 12.6. The van der Waals surface area contributed by atoms with Gasteiger partial charge in [0.25, 0.3) is 0 Å². The molecule has 0 bridgehead atoms. The van der Waals surface area contributed by atoms with Crippen LogP contribution in [0.4, 0.5) is 0 Å². The summed E-state index contributed by atoms with van der Waals surface area (Å²) < 4.78 is 28.0. The first-order valence-corrected chi connectivity index (χ1v) is 8.36. The maximum atomic E-state index is 12.6. The Kier molecular flexibility index (Phi) is 3.74. The number of hydrogen-bond acceptors (Lipinski definition) is 3. The fourth-order valence-electron chi connectivity index (χ4n) is 2.67. The molecule has 5 heteroatoms. The lowest BCUT2D eigenvalue weighted by atomic mass is 10.1. The van der Waals surface area contributed by atoms with Gasteiger partial charge in [-0.15, -0.1) is 0 Å². The molecule has 1 aliphatic rings. The summed E-state index contributed by atoms with van der Waals surface area (Å²) in [6.07, 6.45) is 1.89. The monoisotopic (exact) mass is 290 g/mol. The van der Waals surface area contributed by atoms with Gasteiger partial charge in [0.05, 0.1) is 4.90 Å². The largest absolute Gasteiger partial charge is 0.315 e. The third kappa shape index (κ3) is 2.70. The topological polar surface area (TPSA) is 58.2 Å². The zero-order valence-corrected chi connectivity index (χ0v) is 12.0. The first kappa shape index (κ1) is 13.5. The lowest BCUT2D eigenvalue weighted by Gasteiger charge is -2.23. The molecule has 0 radical (unpaired) electrons. The van der Waals surface area contributed by atoms with Gasteiger partial charge in [0.15, 0.2) is 0 Å². The molecule has 106 valence electrons. The Morgan fingerprint density at radius 1 is 1.10 bits per heavy atom. The number of nitrogens with one attached hydrogen (secondary N) is 2. The second kappa shape index (κ2) is 5.52. The van der Waals surface area contributed by atoms with Crippen LogP contribution in [0.3, 0.4) is 0 Å². The minimum absolute atomic E-state index is 0.0206. The lowest BCUT2D eigenvalue weighted by molar-refractivity contribution is 0.429. The molecule has 1 saturated heterocycles. The van der Waals surface area contributed by atoms with Gasteiger partial charge in [-0.25, -0.2) is 13.1 Å². The van der Waals surface area contributed by atoms with E-state index in [-0.39, 0.29) is 6.04 Å². The fourth-order valence-corrected chi connectivity index (χ4v) is 4.17. The molecule has 0 unspecified atom stereocenters. The molecule has 0 aromatic heterocycles. The van der Waals surface area contributed by atoms with Crippen LogP contribution in [-0.2, 0) is 10.0 Å². The van der Waals surface area contributed by atoms with Crippen molar-refractivity contribution in [1.29, 1.82) is 0 Å². The molecule has 3 rings (SSSR count). The number of fused-ring (bicyclic) bond motifs is 1. The van der Waals surface area contributed by atoms with Crippen molar-refractivity contribution >= 4 is 20.8 Å². The minimum atomic E-state index is -3.48. The highest BCUT2D eigenvalue weighted by Gasteiger charge is 2.22. The highest BCUT2D eigenvalue weighted by Crippen LogP contribution is 2.23. The predicted molar refractivity (Wildman–Crippen MR) is 80.2 cm³/mol. The highest BCUT2D eigenvalue weighted by molar-refractivity contribution is 7.89. The van der Waals surface area contributed by atoms with Crippen LogP contribution in [0.5, 0.6) is 0 Å². The molecule has 0 spiro atoms. The summed E-state index contributed by atoms with van der Waals surface area (Å²) in [4.78, 5) is 0.362. The van der Waals surface area contributed by atoms with Crippen LogP contribution in [0, 0.1) is 0 Å². The molecule has 2 aromatic carbocycles. The summed E-state index contributed by atoms with van der Waals surface area (Å²) in [5.41, 5.74) is 0. The zero-order chi connectivity index (χ0) is 14.0. The van der Waals surface area contributed by atoms with E-state index in [2.05, 4.69) is 10.0 Å². The van der Waals surface area contributed by atoms with Crippen molar-refractivity contribution in [2.24, 2.45) is 0 Å². The molecule has 0 aliphatic carbocycles. The van der Waals surface area contributed by atoms with Crippen LogP contribution in [0.15, 0.2) is 47.4 Å². The molecule has 20 heavy (non-hydrogen) atoms. The Morgan fingerprint density at radius 3 is 2.70 bits per heavy atom. The molecular weight excluding hydrogens is 272 g/mol. The first-order chi connectivity index (χ1) is 9.67. The van der Waals surface area contributed by atoms with Gasteiger partial charge in [-0.2, -0.15) is 0 Å². The lowest BCUT2D eigenvalue weighted by Crippen LogP contribution is -2.45. The Bertz CT molecular complexity index is 701. The average molecular weight is 290 g/mol. The van der Waals surface area contributed by atoms with Gasteiger partial charge < -0.3 is 5.32 Å². The number of sulfonamides is 1. The van der Waals surface area contributed by atoms with E-state index in [0.717, 1.165) is 30.2 Å². The Hall–Kier alpha value is -1.43. The summed E-state index contributed by atoms with van der Waals surface area (Å²) in [6.45, 7) is 1.66. The van der Waals surface area contributed by atoms with Gasteiger partial charge in [-0.1, -0.05) is 36.4 Å². The van der Waals surface area contributed by atoms with E-state index in [0.29, 0.717) is 11.4 Å². The summed E-state index contributed by atoms with van der Waals surface area (Å²) in [5.74, 6) is 0. The Balaban J connectivity index is 1.96. The number of benzene rings is 2. The van der Waals surface area contributed by atoms with Crippen LogP contribution < -0.4 is 10.0 Å². The molecule has 2 N–H and O–H groups in total. The van der Waals surface area contributed by atoms with Crippen molar-refractivity contribution in [2.45, 2.75) is 23.8 Å². The molecule has 2 aromatic rings. The second-order valence-electron chi connectivity index (χ2n) is 5.14. The quantitative estimate of drug-likeness (QED) is 0.907. The first-order valence-electron chi connectivity index (χ1n) is 6.88. The van der Waals surface area contributed by atoms with Crippen molar-refractivity contribution < 1.29 is 8.42 Å². The van der Waals surface area contributed by atoms with Gasteiger partial charge in [0, 0.05) is 18.0 Å². The molecule has 1 aliphatic heterocycles. The predicted octanol–water partition coefficient (Wildman–Crippen LogP) is 1.87. The van der Waals surface area contributed by atoms with Crippen LogP contribution >= 0.6 is 0 Å². The van der Waals surface area contributed by atoms with E-state index in [4.69, 9.17) is 0 Å². The van der Waals surface area contributed by atoms with E-state index in [1.165, 1.54) is 0 Å². The molecule has 0 saturated carbocycles. The summed E-state index contributed by atoms with van der Waals surface area (Å²) in [6, 6.07) is 12.9. The van der Waals surface area contributed by atoms with Crippen LogP contribution in [0.2, 0.25) is 0 Å². The average Bonchev–Trinajstić information content (AvgIpc) is 2.47. The van der Waals surface area contributed by atoms with Gasteiger partial charge in [0.2, 0.25) is 10.0 Å². The van der Waals surface area contributed by atoms with Crippen LogP contribution in [0.1, 0.15) is 12.8 Å². The van der Waals surface area contributed by atoms with E-state index >= 15 is 0 Å². The molecule has 1 atom stereocenters. The fraction of sp³-hybridized carbons (Fsp3) is 0.333. The van der Waals surface area contributed by atoms with Crippen molar-refractivity contribution in [3.8, 4) is 0 Å². The van der Waals surface area contributed by atoms with Gasteiger partial charge >= 0.3 is 0 Å². The third-order valence-electron chi connectivity index (χ3n) is 3.66. The summed E-state index contributed by atoms with van der Waals surface area (Å²) in [7, 11) is -3.48. The molecular formula is C15H18N2O2S. The SMILES string of the molecule is O=S(=O)(N[C@@H]1CCCNC1)c1cccc2ccccc12. The van der Waals surface area contributed by atoms with Gasteiger partial charge in [-0.3, -0.25) is 0 Å². The molecule has 0 amide bonds. The normalized spacial score (nSPS) is 20.1. The standard InChI is InChI=1S/C15H18N2O2S/c18-20(19,17-13-7-4-10-16-11-13)15-9-3-6-12-5-1-2-8-14(12)15/h1-3,5-6,8-9,13,16-17H,4,7,10-11H2/t13-/m1/s1. The number of piperidine rings is 1. The van der Waals surface area contributed by atoms with Crippen molar-refractivity contribution in [1.82, 2.24) is 10.0 Å². The number of rotatable bonds is 3. The van der Waals surface area contributed by atoms with Gasteiger partial charge in [0.1, 0.15) is 0 Å². The smallest absolute Gasteiger partial charge is 0.241 e. The van der Waals surface area contributed by atoms with Crippen molar-refractivity contribution in [2.75, 3.05) is 13.1 Å². The zero-order valence-electron chi connectivity index (χ0n) is 11.2. The summed E-state index contributed by atoms with van der Waals surface area (Å²) in [5, 5.41) is 4.93. The maximum Gasteiger partial charge on any atom is 0.241 e. The van der Waals surface area contributed by atoms with Crippen molar-refractivity contribution in [3.63, 3.8) is 0 Å². The molecule has 1 fully saturated rings.